The van der Waals surface area contributed by atoms with E-state index in [1.807, 2.05) is 0 Å². The molecule has 0 aliphatic heterocycles. The van der Waals surface area contributed by atoms with Gasteiger partial charge in [0.2, 0.25) is 0 Å². The summed E-state index contributed by atoms with van der Waals surface area (Å²) in [6, 6.07) is 5.98. The van der Waals surface area contributed by atoms with Crippen molar-refractivity contribution in [1.29, 1.82) is 0 Å². The molecule has 0 aliphatic rings. The number of H-pyrrole nitrogens is 1. The van der Waals surface area contributed by atoms with Gasteiger partial charge in [-0.05, 0) is 36.5 Å². The van der Waals surface area contributed by atoms with Crippen molar-refractivity contribution in [3.63, 3.8) is 0 Å². The van der Waals surface area contributed by atoms with E-state index in [4.69, 9.17) is 12.2 Å². The highest BCUT2D eigenvalue weighted by atomic mass is 32.1. The van der Waals surface area contributed by atoms with E-state index in [0.29, 0.717) is 22.0 Å². The summed E-state index contributed by atoms with van der Waals surface area (Å²) >= 11 is 5.19. The van der Waals surface area contributed by atoms with Gasteiger partial charge in [-0.1, -0.05) is 0 Å². The molecule has 0 amide bonds. The minimum Gasteiger partial charge on any atom is -0.267 e. The second-order valence-electron chi connectivity index (χ2n) is 3.75. The van der Waals surface area contributed by atoms with Gasteiger partial charge in [-0.2, -0.15) is 5.10 Å². The summed E-state index contributed by atoms with van der Waals surface area (Å²) in [6.07, 6.45) is 4.74. The second kappa shape index (κ2) is 4.69. The molecule has 3 aromatic rings. The molecule has 0 fully saturated rings. The van der Waals surface area contributed by atoms with Crippen molar-refractivity contribution in [3.05, 3.63) is 53.4 Å². The molecule has 7 heteroatoms. The van der Waals surface area contributed by atoms with Crippen LogP contribution in [-0.2, 0) is 0 Å². The highest BCUT2D eigenvalue weighted by molar-refractivity contribution is 7.71. The first-order valence-electron chi connectivity index (χ1n) is 5.45. The maximum atomic E-state index is 13.0. The number of hydrogen-bond donors (Lipinski definition) is 1. The van der Waals surface area contributed by atoms with Crippen LogP contribution in [0.5, 0.6) is 0 Å². The van der Waals surface area contributed by atoms with E-state index in [0.717, 1.165) is 0 Å². The summed E-state index contributed by atoms with van der Waals surface area (Å²) in [7, 11) is 0. The van der Waals surface area contributed by atoms with Crippen molar-refractivity contribution >= 4 is 12.2 Å². The smallest absolute Gasteiger partial charge is 0.200 e. The molecular formula is C12H8FN5S. The molecule has 19 heavy (non-hydrogen) atoms. The van der Waals surface area contributed by atoms with Crippen molar-refractivity contribution in [2.24, 2.45) is 0 Å². The Morgan fingerprint density at radius 2 is 1.95 bits per heavy atom. The molecule has 0 atom stereocenters. The van der Waals surface area contributed by atoms with Crippen LogP contribution in [0.4, 0.5) is 4.39 Å². The van der Waals surface area contributed by atoms with E-state index >= 15 is 0 Å². The Kier molecular flexibility index (Phi) is 2.88. The number of halogens is 1. The molecule has 0 radical (unpaired) electrons. The van der Waals surface area contributed by atoms with Crippen LogP contribution in [0.3, 0.4) is 0 Å². The van der Waals surface area contributed by atoms with Gasteiger partial charge in [-0.15, -0.1) is 0 Å². The number of benzene rings is 1. The predicted molar refractivity (Wildman–Crippen MR) is 69.7 cm³/mol. The van der Waals surface area contributed by atoms with Crippen LogP contribution < -0.4 is 0 Å². The van der Waals surface area contributed by atoms with Crippen LogP contribution in [0.1, 0.15) is 0 Å². The van der Waals surface area contributed by atoms with E-state index in [-0.39, 0.29) is 5.82 Å². The van der Waals surface area contributed by atoms with E-state index in [1.165, 1.54) is 12.1 Å². The number of aromatic nitrogens is 5. The Labute approximate surface area is 112 Å². The molecule has 1 aromatic carbocycles. The van der Waals surface area contributed by atoms with Crippen molar-refractivity contribution < 1.29 is 4.39 Å². The van der Waals surface area contributed by atoms with Crippen LogP contribution in [-0.4, -0.2) is 24.7 Å². The average molecular weight is 273 g/mol. The summed E-state index contributed by atoms with van der Waals surface area (Å²) in [4.78, 5) is 8.18. The SMILES string of the molecule is Fc1ccc(-n2c(-c3cnccn3)n[nH]c2=S)cc1. The third-order valence-corrected chi connectivity index (χ3v) is 2.82. The van der Waals surface area contributed by atoms with Gasteiger partial charge in [-0.3, -0.25) is 14.6 Å². The molecule has 3 rings (SSSR count). The number of hydrogen-bond acceptors (Lipinski definition) is 4. The lowest BCUT2D eigenvalue weighted by atomic mass is 10.3. The van der Waals surface area contributed by atoms with Gasteiger partial charge in [0.1, 0.15) is 11.5 Å². The number of aromatic amines is 1. The highest BCUT2D eigenvalue weighted by Gasteiger charge is 2.11. The summed E-state index contributed by atoms with van der Waals surface area (Å²) in [5.41, 5.74) is 1.29. The molecule has 2 aromatic heterocycles. The number of nitrogens with zero attached hydrogens (tertiary/aromatic N) is 4. The lowest BCUT2D eigenvalue weighted by Crippen LogP contribution is -1.99. The molecule has 0 bridgehead atoms. The van der Waals surface area contributed by atoms with Gasteiger partial charge in [0, 0.05) is 12.4 Å². The summed E-state index contributed by atoms with van der Waals surface area (Å²) < 4.78 is 15.1. The molecule has 0 unspecified atom stereocenters. The summed E-state index contributed by atoms with van der Waals surface area (Å²) in [5, 5.41) is 6.84. The molecule has 0 aliphatic carbocycles. The molecule has 2 heterocycles. The summed E-state index contributed by atoms with van der Waals surface area (Å²) in [5.74, 6) is 0.226. The number of rotatable bonds is 2. The Hall–Kier alpha value is -2.41. The molecule has 5 nitrogen and oxygen atoms in total. The van der Waals surface area contributed by atoms with Gasteiger partial charge in [-0.25, -0.2) is 9.37 Å². The molecule has 0 saturated carbocycles. The maximum absolute atomic E-state index is 13.0. The van der Waals surface area contributed by atoms with Crippen LogP contribution >= 0.6 is 12.2 Å². The van der Waals surface area contributed by atoms with E-state index < -0.39 is 0 Å². The monoisotopic (exact) mass is 273 g/mol. The zero-order chi connectivity index (χ0) is 13.2. The third kappa shape index (κ3) is 2.15. The van der Waals surface area contributed by atoms with Crippen LogP contribution in [0.2, 0.25) is 0 Å². The number of nitrogens with one attached hydrogen (secondary N) is 1. The Bertz CT molecular complexity index is 748. The van der Waals surface area contributed by atoms with E-state index in [9.17, 15) is 4.39 Å². The van der Waals surface area contributed by atoms with Crippen molar-refractivity contribution in [1.82, 2.24) is 24.7 Å². The Morgan fingerprint density at radius 3 is 2.63 bits per heavy atom. The first-order valence-corrected chi connectivity index (χ1v) is 5.86. The minimum absolute atomic E-state index is 0.306. The Morgan fingerprint density at radius 1 is 1.16 bits per heavy atom. The standard InChI is InChI=1S/C12H8FN5S/c13-8-1-3-9(4-2-8)18-11(16-17-12(18)19)10-7-14-5-6-15-10/h1-7H,(H,17,19). The molecular weight excluding hydrogens is 265 g/mol. The highest BCUT2D eigenvalue weighted by Crippen LogP contribution is 2.18. The summed E-state index contributed by atoms with van der Waals surface area (Å²) in [6.45, 7) is 0. The Balaban J connectivity index is 2.19. The van der Waals surface area contributed by atoms with Gasteiger partial charge >= 0.3 is 0 Å². The molecule has 94 valence electrons. The largest absolute Gasteiger partial charge is 0.267 e. The van der Waals surface area contributed by atoms with Gasteiger partial charge < -0.3 is 0 Å². The molecule has 0 spiro atoms. The third-order valence-electron chi connectivity index (χ3n) is 2.55. The fourth-order valence-electron chi connectivity index (χ4n) is 1.71. The fourth-order valence-corrected chi connectivity index (χ4v) is 1.95. The normalized spacial score (nSPS) is 10.6. The quantitative estimate of drug-likeness (QED) is 0.729. The second-order valence-corrected chi connectivity index (χ2v) is 4.14. The van der Waals surface area contributed by atoms with Crippen LogP contribution in [0.25, 0.3) is 17.2 Å². The van der Waals surface area contributed by atoms with Crippen molar-refractivity contribution in [2.45, 2.75) is 0 Å². The van der Waals surface area contributed by atoms with Gasteiger partial charge in [0.05, 0.1) is 11.9 Å². The lowest BCUT2D eigenvalue weighted by molar-refractivity contribution is 0.627. The predicted octanol–water partition coefficient (Wildman–Crippen LogP) is 2.53. The topological polar surface area (TPSA) is 59.4 Å². The molecule has 0 saturated heterocycles. The minimum atomic E-state index is -0.306. The molecule has 1 N–H and O–H groups in total. The average Bonchev–Trinajstić information content (AvgIpc) is 2.83. The lowest BCUT2D eigenvalue weighted by Gasteiger charge is -2.05. The van der Waals surface area contributed by atoms with Crippen molar-refractivity contribution in [2.75, 3.05) is 0 Å². The zero-order valence-electron chi connectivity index (χ0n) is 9.62. The van der Waals surface area contributed by atoms with Crippen molar-refractivity contribution in [3.8, 4) is 17.2 Å². The van der Waals surface area contributed by atoms with Gasteiger partial charge in [0.25, 0.3) is 0 Å². The first kappa shape index (κ1) is 11.7. The zero-order valence-corrected chi connectivity index (χ0v) is 10.4. The van der Waals surface area contributed by atoms with Crippen LogP contribution in [0.15, 0.2) is 42.9 Å². The van der Waals surface area contributed by atoms with E-state index in [2.05, 4.69) is 20.2 Å². The van der Waals surface area contributed by atoms with E-state index in [1.54, 1.807) is 35.3 Å². The van der Waals surface area contributed by atoms with Gasteiger partial charge in [0.15, 0.2) is 10.6 Å². The van der Waals surface area contributed by atoms with Crippen LogP contribution in [0, 0.1) is 10.6 Å². The first-order chi connectivity index (χ1) is 9.25. The fraction of sp³-hybridized carbons (Fsp3) is 0. The maximum Gasteiger partial charge on any atom is 0.200 e.